The van der Waals surface area contributed by atoms with Crippen molar-refractivity contribution in [2.24, 2.45) is 11.8 Å². The van der Waals surface area contributed by atoms with Crippen molar-refractivity contribution < 1.29 is 13.9 Å². The minimum Gasteiger partial charge on any atom is -0.426 e. The molecule has 144 valence electrons. The Balaban J connectivity index is 1.70. The molecule has 0 radical (unpaired) electrons. The van der Waals surface area contributed by atoms with Gasteiger partial charge in [-0.1, -0.05) is 37.6 Å². The number of allylic oxidation sites excluding steroid dienone is 4. The van der Waals surface area contributed by atoms with Crippen molar-refractivity contribution in [1.29, 1.82) is 5.26 Å². The molecule has 0 unspecified atom stereocenters. The Kier molecular flexibility index (Phi) is 8.77. The van der Waals surface area contributed by atoms with Crippen LogP contribution in [0.4, 0.5) is 4.39 Å². The van der Waals surface area contributed by atoms with Crippen LogP contribution >= 0.6 is 0 Å². The van der Waals surface area contributed by atoms with Gasteiger partial charge in [-0.05, 0) is 74.6 Å². The molecule has 1 saturated carbocycles. The number of nitriles is 1. The molecule has 1 aliphatic carbocycles. The summed E-state index contributed by atoms with van der Waals surface area (Å²) in [6, 6.07) is 9.25. The first-order valence-corrected chi connectivity index (χ1v) is 9.85. The number of nitrogens with zero attached hydrogens (tertiary/aromatic N) is 1. The van der Waals surface area contributed by atoms with Gasteiger partial charge in [-0.25, -0.2) is 0 Å². The minimum absolute atomic E-state index is 0.0141. The van der Waals surface area contributed by atoms with Crippen molar-refractivity contribution in [2.45, 2.75) is 58.3 Å². The lowest BCUT2D eigenvalue weighted by atomic mass is 9.80. The molecule has 1 aromatic carbocycles. The number of hydrogen-bond acceptors (Lipinski definition) is 3. The average molecular weight is 369 g/mol. The lowest BCUT2D eigenvalue weighted by Gasteiger charge is -2.26. The largest absolute Gasteiger partial charge is 0.426 e. The van der Waals surface area contributed by atoms with E-state index in [0.717, 1.165) is 51.4 Å². The quantitative estimate of drug-likeness (QED) is 0.242. The summed E-state index contributed by atoms with van der Waals surface area (Å²) in [5, 5.41) is 8.33. The normalized spacial score (nSPS) is 20.4. The highest BCUT2D eigenvalue weighted by atomic mass is 19.1. The second-order valence-corrected chi connectivity index (χ2v) is 7.16. The fraction of sp³-hybridized carbons (Fsp3) is 0.478. The van der Waals surface area contributed by atoms with Crippen LogP contribution < -0.4 is 4.74 Å². The van der Waals surface area contributed by atoms with Crippen molar-refractivity contribution in [2.75, 3.05) is 0 Å². The predicted octanol–water partition coefficient (Wildman–Crippen LogP) is 6.06. The zero-order valence-corrected chi connectivity index (χ0v) is 16.0. The second-order valence-electron chi connectivity index (χ2n) is 7.16. The molecule has 2 rings (SSSR count). The van der Waals surface area contributed by atoms with Crippen LogP contribution in [0.5, 0.6) is 5.75 Å². The van der Waals surface area contributed by atoms with E-state index in [2.05, 4.69) is 6.92 Å². The zero-order chi connectivity index (χ0) is 19.5. The molecule has 0 N–H and O–H groups in total. The van der Waals surface area contributed by atoms with Gasteiger partial charge in [0.2, 0.25) is 0 Å². The summed E-state index contributed by atoms with van der Waals surface area (Å²) < 4.78 is 18.2. The number of rotatable bonds is 8. The number of ether oxygens (including phenoxy) is 1. The highest BCUT2D eigenvalue weighted by molar-refractivity contribution is 5.75. The highest BCUT2D eigenvalue weighted by Gasteiger charge is 2.27. The van der Waals surface area contributed by atoms with E-state index in [1.54, 1.807) is 6.08 Å². The summed E-state index contributed by atoms with van der Waals surface area (Å²) in [5.74, 6) is 0.320. The van der Waals surface area contributed by atoms with Gasteiger partial charge in [-0.3, -0.25) is 4.79 Å². The highest BCUT2D eigenvalue weighted by Crippen LogP contribution is 2.32. The predicted molar refractivity (Wildman–Crippen MR) is 105 cm³/mol. The van der Waals surface area contributed by atoms with Crippen LogP contribution in [0.3, 0.4) is 0 Å². The molecule has 0 heterocycles. The number of benzene rings is 1. The van der Waals surface area contributed by atoms with E-state index in [9.17, 15) is 9.18 Å². The van der Waals surface area contributed by atoms with Gasteiger partial charge in [0, 0.05) is 0 Å². The third-order valence-electron chi connectivity index (χ3n) is 5.09. The maximum atomic E-state index is 12.6. The van der Waals surface area contributed by atoms with E-state index in [1.165, 1.54) is 17.7 Å². The Morgan fingerprint density at radius 3 is 2.59 bits per heavy atom. The summed E-state index contributed by atoms with van der Waals surface area (Å²) in [4.78, 5) is 12.4. The third-order valence-corrected chi connectivity index (χ3v) is 5.09. The molecule has 0 spiro atoms. The molecule has 0 saturated heterocycles. The standard InChI is InChI=1S/C23H28FNO2/c1-2-6-18-11-15-22(16-12-18)27-23(26)20-13-9-19(10-14-20)7-4-3-5-8-21(24)17-25/h3,5,8,11-12,15-16,19-20H,2,4,6-7,9-10,13-14H2,1H3/t19-,20-. The molecule has 0 atom stereocenters. The average Bonchev–Trinajstić information content (AvgIpc) is 2.69. The molecule has 4 heteroatoms. The lowest BCUT2D eigenvalue weighted by molar-refractivity contribution is -0.140. The Hall–Kier alpha value is -2.41. The van der Waals surface area contributed by atoms with Gasteiger partial charge in [-0.2, -0.15) is 9.65 Å². The van der Waals surface area contributed by atoms with E-state index < -0.39 is 5.83 Å². The molecule has 27 heavy (non-hydrogen) atoms. The fourth-order valence-electron chi connectivity index (χ4n) is 3.52. The second kappa shape index (κ2) is 11.3. The summed E-state index contributed by atoms with van der Waals surface area (Å²) in [6.07, 6.45) is 12.5. The van der Waals surface area contributed by atoms with Gasteiger partial charge in [0.05, 0.1) is 5.92 Å². The monoisotopic (exact) mass is 369 g/mol. The molecular formula is C23H28FNO2. The van der Waals surface area contributed by atoms with Crippen LogP contribution in [0.25, 0.3) is 0 Å². The van der Waals surface area contributed by atoms with Crippen molar-refractivity contribution >= 4 is 5.97 Å². The van der Waals surface area contributed by atoms with Gasteiger partial charge < -0.3 is 4.74 Å². The number of aryl methyl sites for hydroxylation is 1. The first-order valence-electron chi connectivity index (χ1n) is 9.85. The maximum Gasteiger partial charge on any atom is 0.314 e. The molecule has 3 nitrogen and oxygen atoms in total. The first-order chi connectivity index (χ1) is 13.1. The summed E-state index contributed by atoms with van der Waals surface area (Å²) >= 11 is 0. The molecule has 1 aliphatic rings. The van der Waals surface area contributed by atoms with Crippen molar-refractivity contribution in [3.63, 3.8) is 0 Å². The van der Waals surface area contributed by atoms with Crippen LogP contribution in [-0.2, 0) is 11.2 Å². The summed E-state index contributed by atoms with van der Waals surface area (Å²) in [6.45, 7) is 2.15. The van der Waals surface area contributed by atoms with Crippen LogP contribution in [-0.4, -0.2) is 5.97 Å². The molecule has 1 aromatic rings. The van der Waals surface area contributed by atoms with E-state index in [0.29, 0.717) is 11.7 Å². The topological polar surface area (TPSA) is 50.1 Å². The van der Waals surface area contributed by atoms with Crippen LogP contribution in [0.1, 0.15) is 57.4 Å². The molecule has 0 amide bonds. The van der Waals surface area contributed by atoms with Gasteiger partial charge in [0.15, 0.2) is 5.83 Å². The summed E-state index contributed by atoms with van der Waals surface area (Å²) in [5.41, 5.74) is 1.26. The van der Waals surface area contributed by atoms with Crippen molar-refractivity contribution in [1.82, 2.24) is 0 Å². The first kappa shape index (κ1) is 20.9. The molecule has 0 bridgehead atoms. The van der Waals surface area contributed by atoms with E-state index in [-0.39, 0.29) is 11.9 Å². The fourth-order valence-corrected chi connectivity index (χ4v) is 3.52. The number of carbonyl (C=O) groups excluding carboxylic acids is 1. The SMILES string of the molecule is CCCc1ccc(OC(=O)[C@H]2CC[C@H](CCC=CC=C(F)C#N)CC2)cc1. The molecule has 1 fully saturated rings. The van der Waals surface area contributed by atoms with Gasteiger partial charge in [-0.15, -0.1) is 0 Å². The number of carbonyl (C=O) groups is 1. The minimum atomic E-state index is -0.773. The molecule has 0 aromatic heterocycles. The maximum absolute atomic E-state index is 12.6. The van der Waals surface area contributed by atoms with Gasteiger partial charge >= 0.3 is 5.97 Å². The number of hydrogen-bond donors (Lipinski definition) is 0. The van der Waals surface area contributed by atoms with Crippen LogP contribution in [0.2, 0.25) is 0 Å². The van der Waals surface area contributed by atoms with Gasteiger partial charge in [0.1, 0.15) is 11.8 Å². The van der Waals surface area contributed by atoms with Crippen LogP contribution in [0.15, 0.2) is 48.3 Å². The third kappa shape index (κ3) is 7.38. The lowest BCUT2D eigenvalue weighted by Crippen LogP contribution is -2.25. The van der Waals surface area contributed by atoms with Gasteiger partial charge in [0.25, 0.3) is 0 Å². The van der Waals surface area contributed by atoms with Crippen molar-refractivity contribution in [3.8, 4) is 11.8 Å². The molecule has 0 aliphatic heterocycles. The number of halogens is 1. The Labute approximate surface area is 161 Å². The zero-order valence-electron chi connectivity index (χ0n) is 16.0. The Morgan fingerprint density at radius 2 is 1.96 bits per heavy atom. The van der Waals surface area contributed by atoms with E-state index in [4.69, 9.17) is 10.00 Å². The van der Waals surface area contributed by atoms with Crippen molar-refractivity contribution in [3.05, 3.63) is 53.9 Å². The summed E-state index contributed by atoms with van der Waals surface area (Å²) in [7, 11) is 0. The van der Waals surface area contributed by atoms with Crippen LogP contribution in [0, 0.1) is 23.2 Å². The Morgan fingerprint density at radius 1 is 1.26 bits per heavy atom. The Bertz CT molecular complexity index is 692. The molecular weight excluding hydrogens is 341 g/mol. The number of esters is 1. The van der Waals surface area contributed by atoms with E-state index in [1.807, 2.05) is 30.3 Å². The smallest absolute Gasteiger partial charge is 0.314 e. The van der Waals surface area contributed by atoms with E-state index >= 15 is 0 Å².